The monoisotopic (exact) mass is 350 g/mol. The van der Waals surface area contributed by atoms with Crippen molar-refractivity contribution in [1.82, 2.24) is 0 Å². The van der Waals surface area contributed by atoms with E-state index in [4.69, 9.17) is 18.6 Å². The van der Waals surface area contributed by atoms with Crippen LogP contribution in [0.5, 0.6) is 17.2 Å². The maximum atomic E-state index is 6.28. The van der Waals surface area contributed by atoms with Gasteiger partial charge in [0.1, 0.15) is 35.2 Å². The molecule has 3 aromatic rings. The van der Waals surface area contributed by atoms with Crippen LogP contribution in [0.15, 0.2) is 46.4 Å². The third-order valence-corrected chi connectivity index (χ3v) is 4.77. The zero-order valence-corrected chi connectivity index (χ0v) is 15.5. The first-order valence-corrected chi connectivity index (χ1v) is 8.67. The minimum absolute atomic E-state index is 0.625. The van der Waals surface area contributed by atoms with E-state index in [9.17, 15) is 0 Å². The molecule has 0 unspecified atom stereocenters. The second-order valence-corrected chi connectivity index (χ2v) is 6.67. The zero-order chi connectivity index (χ0) is 18.3. The molecule has 0 saturated carbocycles. The summed E-state index contributed by atoms with van der Waals surface area (Å²) in [6.07, 6.45) is 3.02. The zero-order valence-electron chi connectivity index (χ0n) is 15.5. The predicted molar refractivity (Wildman–Crippen MR) is 102 cm³/mol. The Hall–Kier alpha value is -2.88. The molecule has 1 aromatic heterocycles. The Bertz CT molecular complexity index is 988. The van der Waals surface area contributed by atoms with Crippen LogP contribution in [0.1, 0.15) is 18.1 Å². The predicted octanol–water partition coefficient (Wildman–Crippen LogP) is 5.31. The topological polar surface area (TPSA) is 40.8 Å². The van der Waals surface area contributed by atoms with Crippen molar-refractivity contribution in [3.8, 4) is 28.6 Å². The number of ether oxygens (including phenoxy) is 3. The number of rotatable bonds is 3. The van der Waals surface area contributed by atoms with Gasteiger partial charge in [0.15, 0.2) is 0 Å². The molecule has 134 valence electrons. The van der Waals surface area contributed by atoms with E-state index in [0.29, 0.717) is 6.61 Å². The summed E-state index contributed by atoms with van der Waals surface area (Å²) in [4.78, 5) is 0. The summed E-state index contributed by atoms with van der Waals surface area (Å²) in [5.41, 5.74) is 5.28. The second-order valence-electron chi connectivity index (χ2n) is 6.67. The van der Waals surface area contributed by atoms with E-state index in [1.807, 2.05) is 18.2 Å². The molecule has 0 saturated heterocycles. The number of hydrogen-bond acceptors (Lipinski definition) is 4. The molecule has 0 fully saturated rings. The molecule has 0 spiro atoms. The molecule has 2 heterocycles. The van der Waals surface area contributed by atoms with Crippen molar-refractivity contribution in [2.45, 2.75) is 20.3 Å². The Morgan fingerprint density at radius 2 is 1.65 bits per heavy atom. The van der Waals surface area contributed by atoms with E-state index in [1.165, 1.54) is 5.57 Å². The lowest BCUT2D eigenvalue weighted by Crippen LogP contribution is -1.99. The van der Waals surface area contributed by atoms with Crippen molar-refractivity contribution in [3.05, 3.63) is 53.1 Å². The smallest absolute Gasteiger partial charge is 0.142 e. The average molecular weight is 350 g/mol. The van der Waals surface area contributed by atoms with Crippen molar-refractivity contribution in [1.29, 1.82) is 0 Å². The molecule has 2 aromatic carbocycles. The van der Waals surface area contributed by atoms with E-state index >= 15 is 0 Å². The van der Waals surface area contributed by atoms with Gasteiger partial charge in [-0.05, 0) is 55.7 Å². The third kappa shape index (κ3) is 2.81. The summed E-state index contributed by atoms with van der Waals surface area (Å²) < 4.78 is 23.1. The Morgan fingerprint density at radius 3 is 2.35 bits per heavy atom. The van der Waals surface area contributed by atoms with Gasteiger partial charge in [0, 0.05) is 22.6 Å². The van der Waals surface area contributed by atoms with Gasteiger partial charge < -0.3 is 18.6 Å². The van der Waals surface area contributed by atoms with Crippen LogP contribution in [0.4, 0.5) is 0 Å². The standard InChI is InChI=1S/C22H22O4/c1-13-5-6-19-21(25-12-13)14(2)7-16-10-20(26-22(16)19)15-8-17(23-3)11-18(9-15)24-4/h5,7-11H,6,12H2,1-4H3. The fourth-order valence-corrected chi connectivity index (χ4v) is 3.39. The van der Waals surface area contributed by atoms with Gasteiger partial charge in [-0.25, -0.2) is 0 Å². The Balaban J connectivity index is 1.89. The van der Waals surface area contributed by atoms with Gasteiger partial charge in [0.05, 0.1) is 14.2 Å². The highest BCUT2D eigenvalue weighted by molar-refractivity contribution is 5.88. The van der Waals surface area contributed by atoms with Gasteiger partial charge in [-0.2, -0.15) is 0 Å². The number of hydrogen-bond donors (Lipinski definition) is 0. The molecule has 0 amide bonds. The van der Waals surface area contributed by atoms with Gasteiger partial charge in [-0.1, -0.05) is 6.08 Å². The van der Waals surface area contributed by atoms with Crippen LogP contribution >= 0.6 is 0 Å². The molecule has 0 N–H and O–H groups in total. The van der Waals surface area contributed by atoms with E-state index in [0.717, 1.165) is 57.1 Å². The minimum Gasteiger partial charge on any atom is -0.497 e. The second kappa shape index (κ2) is 6.45. The van der Waals surface area contributed by atoms with E-state index in [1.54, 1.807) is 14.2 Å². The highest BCUT2D eigenvalue weighted by Crippen LogP contribution is 2.39. The number of fused-ring (bicyclic) bond motifs is 3. The number of benzene rings is 2. The lowest BCUT2D eigenvalue weighted by atomic mass is 10.0. The van der Waals surface area contributed by atoms with Gasteiger partial charge in [0.25, 0.3) is 0 Å². The number of allylic oxidation sites excluding steroid dienone is 1. The first-order chi connectivity index (χ1) is 12.6. The molecule has 0 bridgehead atoms. The molecule has 4 nitrogen and oxygen atoms in total. The van der Waals surface area contributed by atoms with Crippen molar-refractivity contribution >= 4 is 11.0 Å². The quantitative estimate of drug-likeness (QED) is 0.601. The van der Waals surface area contributed by atoms with Crippen molar-refractivity contribution in [3.63, 3.8) is 0 Å². The molecule has 4 rings (SSSR count). The summed E-state index contributed by atoms with van der Waals surface area (Å²) >= 11 is 0. The van der Waals surface area contributed by atoms with Crippen molar-refractivity contribution in [2.24, 2.45) is 0 Å². The Labute approximate surface area is 153 Å². The Kier molecular flexibility index (Phi) is 4.11. The van der Waals surface area contributed by atoms with E-state index in [-0.39, 0.29) is 0 Å². The largest absolute Gasteiger partial charge is 0.497 e. The normalized spacial score (nSPS) is 13.6. The molecule has 1 aliphatic rings. The lowest BCUT2D eigenvalue weighted by Gasteiger charge is -2.11. The third-order valence-electron chi connectivity index (χ3n) is 4.77. The molecular weight excluding hydrogens is 328 g/mol. The van der Waals surface area contributed by atoms with Crippen LogP contribution < -0.4 is 14.2 Å². The van der Waals surface area contributed by atoms with Gasteiger partial charge in [0.2, 0.25) is 0 Å². The highest BCUT2D eigenvalue weighted by atomic mass is 16.5. The van der Waals surface area contributed by atoms with Crippen molar-refractivity contribution < 1.29 is 18.6 Å². The maximum Gasteiger partial charge on any atom is 0.142 e. The summed E-state index contributed by atoms with van der Waals surface area (Å²) in [5.74, 6) is 3.19. The maximum absolute atomic E-state index is 6.28. The fourth-order valence-electron chi connectivity index (χ4n) is 3.39. The van der Waals surface area contributed by atoms with Crippen LogP contribution in [-0.4, -0.2) is 20.8 Å². The van der Waals surface area contributed by atoms with Crippen LogP contribution in [0.25, 0.3) is 22.3 Å². The van der Waals surface area contributed by atoms with Crippen LogP contribution in [-0.2, 0) is 6.42 Å². The summed E-state index contributed by atoms with van der Waals surface area (Å²) in [5, 5.41) is 1.08. The number of aryl methyl sites for hydroxylation is 1. The molecular formula is C22H22O4. The molecule has 0 atom stereocenters. The molecule has 1 aliphatic heterocycles. The van der Waals surface area contributed by atoms with E-state index < -0.39 is 0 Å². The molecule has 4 heteroatoms. The minimum atomic E-state index is 0.625. The summed E-state index contributed by atoms with van der Waals surface area (Å²) in [6, 6.07) is 9.94. The molecule has 0 aliphatic carbocycles. The van der Waals surface area contributed by atoms with Crippen LogP contribution in [0.2, 0.25) is 0 Å². The van der Waals surface area contributed by atoms with Crippen LogP contribution in [0, 0.1) is 6.92 Å². The number of methoxy groups -OCH3 is 2. The first-order valence-electron chi connectivity index (χ1n) is 8.67. The molecule has 0 radical (unpaired) electrons. The van der Waals surface area contributed by atoms with Gasteiger partial charge >= 0.3 is 0 Å². The molecule has 26 heavy (non-hydrogen) atoms. The fraction of sp³-hybridized carbons (Fsp3) is 0.273. The van der Waals surface area contributed by atoms with Gasteiger partial charge in [-0.15, -0.1) is 0 Å². The average Bonchev–Trinajstić information content (AvgIpc) is 2.97. The number of furan rings is 1. The van der Waals surface area contributed by atoms with E-state index in [2.05, 4.69) is 32.1 Å². The SMILES string of the molecule is COc1cc(OC)cc(-c2cc3cc(C)c4c(c3o2)CC=C(C)CO4)c1. The van der Waals surface area contributed by atoms with Crippen molar-refractivity contribution in [2.75, 3.05) is 20.8 Å². The highest BCUT2D eigenvalue weighted by Gasteiger charge is 2.19. The summed E-state index contributed by atoms with van der Waals surface area (Å²) in [7, 11) is 3.29. The summed E-state index contributed by atoms with van der Waals surface area (Å²) in [6.45, 7) is 4.80. The van der Waals surface area contributed by atoms with Crippen LogP contribution in [0.3, 0.4) is 0 Å². The Morgan fingerprint density at radius 1 is 0.923 bits per heavy atom. The lowest BCUT2D eigenvalue weighted by molar-refractivity contribution is 0.350. The van der Waals surface area contributed by atoms with Gasteiger partial charge in [-0.3, -0.25) is 0 Å². The first kappa shape index (κ1) is 16.6.